The van der Waals surface area contributed by atoms with Crippen LogP contribution in [0.4, 0.5) is 15.8 Å². The van der Waals surface area contributed by atoms with Crippen LogP contribution in [0, 0.1) is 5.82 Å². The smallest absolute Gasteiger partial charge is 0.257 e. The molecule has 3 aromatic rings. The number of halogens is 1. The molecule has 0 unspecified atom stereocenters. The van der Waals surface area contributed by atoms with E-state index in [1.54, 1.807) is 12.1 Å². The van der Waals surface area contributed by atoms with Crippen LogP contribution in [-0.2, 0) is 10.0 Å². The van der Waals surface area contributed by atoms with Crippen LogP contribution in [0.3, 0.4) is 0 Å². The predicted octanol–water partition coefficient (Wildman–Crippen LogP) is 1.43. The van der Waals surface area contributed by atoms with Gasteiger partial charge in [0.1, 0.15) is 12.1 Å². The molecule has 1 amide bonds. The summed E-state index contributed by atoms with van der Waals surface area (Å²) in [6, 6.07) is 9.96. The number of tetrazole rings is 1. The van der Waals surface area contributed by atoms with E-state index in [0.717, 1.165) is 12.3 Å². The van der Waals surface area contributed by atoms with Crippen LogP contribution in [0.5, 0.6) is 0 Å². The molecule has 9 nitrogen and oxygen atoms in total. The lowest BCUT2D eigenvalue weighted by Gasteiger charge is -2.12. The zero-order valence-corrected chi connectivity index (χ0v) is 14.2. The van der Waals surface area contributed by atoms with E-state index in [1.807, 2.05) is 0 Å². The van der Waals surface area contributed by atoms with E-state index >= 15 is 0 Å². The van der Waals surface area contributed by atoms with Crippen molar-refractivity contribution in [3.05, 3.63) is 60.2 Å². The monoisotopic (exact) mass is 376 g/mol. The Morgan fingerprint density at radius 3 is 2.62 bits per heavy atom. The van der Waals surface area contributed by atoms with Crippen molar-refractivity contribution in [2.45, 2.75) is 0 Å². The lowest BCUT2D eigenvalue weighted by molar-refractivity contribution is 0.102. The molecule has 1 aromatic heterocycles. The average Bonchev–Trinajstić information content (AvgIpc) is 3.10. The maximum atomic E-state index is 14.1. The Morgan fingerprint density at radius 2 is 1.92 bits per heavy atom. The van der Waals surface area contributed by atoms with Gasteiger partial charge in [-0.15, -0.1) is 5.10 Å². The molecule has 134 valence electrons. The fourth-order valence-corrected chi connectivity index (χ4v) is 2.77. The molecule has 0 spiro atoms. The molecular formula is C15H13FN6O3S. The highest BCUT2D eigenvalue weighted by atomic mass is 32.2. The third-order valence-corrected chi connectivity index (χ3v) is 3.87. The van der Waals surface area contributed by atoms with Crippen molar-refractivity contribution in [2.75, 3.05) is 16.3 Å². The van der Waals surface area contributed by atoms with Crippen molar-refractivity contribution in [3.63, 3.8) is 0 Å². The summed E-state index contributed by atoms with van der Waals surface area (Å²) in [6.07, 6.45) is 2.29. The van der Waals surface area contributed by atoms with Crippen LogP contribution >= 0.6 is 0 Å². The molecular weight excluding hydrogens is 363 g/mol. The van der Waals surface area contributed by atoms with E-state index in [2.05, 4.69) is 25.6 Å². The second-order valence-corrected chi connectivity index (χ2v) is 7.04. The normalized spacial score (nSPS) is 11.2. The number of hydrogen-bond acceptors (Lipinski definition) is 6. The number of para-hydroxylation sites is 1. The van der Waals surface area contributed by atoms with Crippen molar-refractivity contribution in [1.82, 2.24) is 20.2 Å². The van der Waals surface area contributed by atoms with Crippen molar-refractivity contribution in [2.24, 2.45) is 0 Å². The number of anilines is 2. The summed E-state index contributed by atoms with van der Waals surface area (Å²) in [5.41, 5.74) is 0.473. The van der Waals surface area contributed by atoms with E-state index in [9.17, 15) is 17.6 Å². The SMILES string of the molecule is CS(=O)(=O)Nc1ccccc1C(=O)Nc1cc(-n2cnnn2)ccc1F. The predicted molar refractivity (Wildman–Crippen MR) is 92.0 cm³/mol. The number of carbonyl (C=O) groups excluding carboxylic acids is 1. The summed E-state index contributed by atoms with van der Waals surface area (Å²) in [5, 5.41) is 13.1. The van der Waals surface area contributed by atoms with Crippen molar-refractivity contribution in [1.29, 1.82) is 0 Å². The molecule has 0 saturated heterocycles. The summed E-state index contributed by atoms with van der Waals surface area (Å²) in [5.74, 6) is -1.34. The molecule has 0 aliphatic heterocycles. The van der Waals surface area contributed by atoms with Gasteiger partial charge in [0.25, 0.3) is 5.91 Å². The van der Waals surface area contributed by atoms with Crippen LogP contribution in [0.2, 0.25) is 0 Å². The summed E-state index contributed by atoms with van der Waals surface area (Å²) in [4.78, 5) is 12.5. The zero-order chi connectivity index (χ0) is 18.7. The molecule has 0 aliphatic rings. The number of sulfonamides is 1. The van der Waals surface area contributed by atoms with Crippen LogP contribution in [-0.4, -0.2) is 40.8 Å². The van der Waals surface area contributed by atoms with Crippen molar-refractivity contribution < 1.29 is 17.6 Å². The number of nitrogens with one attached hydrogen (secondary N) is 2. The Bertz CT molecular complexity index is 1050. The maximum Gasteiger partial charge on any atom is 0.257 e. The quantitative estimate of drug-likeness (QED) is 0.695. The second-order valence-electron chi connectivity index (χ2n) is 5.29. The van der Waals surface area contributed by atoms with Gasteiger partial charge in [-0.1, -0.05) is 12.1 Å². The molecule has 0 fully saturated rings. The number of nitrogens with zero attached hydrogens (tertiary/aromatic N) is 4. The van der Waals surface area contributed by atoms with Crippen LogP contribution in [0.15, 0.2) is 48.8 Å². The van der Waals surface area contributed by atoms with Crippen LogP contribution in [0.1, 0.15) is 10.4 Å². The Kier molecular flexibility index (Phi) is 4.63. The number of hydrogen-bond donors (Lipinski definition) is 2. The zero-order valence-electron chi connectivity index (χ0n) is 13.4. The van der Waals surface area contributed by atoms with Gasteiger partial charge in [-0.05, 0) is 40.8 Å². The first kappa shape index (κ1) is 17.5. The number of amides is 1. The largest absolute Gasteiger partial charge is 0.319 e. The van der Waals surface area contributed by atoms with E-state index < -0.39 is 21.7 Å². The first-order valence-corrected chi connectivity index (χ1v) is 9.14. The molecule has 2 aromatic carbocycles. The minimum atomic E-state index is -3.58. The minimum Gasteiger partial charge on any atom is -0.319 e. The molecule has 0 aliphatic carbocycles. The molecule has 26 heavy (non-hydrogen) atoms. The molecule has 0 radical (unpaired) electrons. The van der Waals surface area contributed by atoms with E-state index in [4.69, 9.17) is 0 Å². The topological polar surface area (TPSA) is 119 Å². The van der Waals surface area contributed by atoms with Gasteiger partial charge < -0.3 is 5.32 Å². The van der Waals surface area contributed by atoms with Gasteiger partial charge in [0.15, 0.2) is 0 Å². The highest BCUT2D eigenvalue weighted by molar-refractivity contribution is 7.92. The fourth-order valence-electron chi connectivity index (χ4n) is 2.19. The van der Waals surface area contributed by atoms with Gasteiger partial charge in [-0.2, -0.15) is 0 Å². The van der Waals surface area contributed by atoms with E-state index in [-0.39, 0.29) is 16.9 Å². The maximum absolute atomic E-state index is 14.1. The first-order chi connectivity index (χ1) is 12.3. The van der Waals surface area contributed by atoms with Gasteiger partial charge in [0.2, 0.25) is 10.0 Å². The van der Waals surface area contributed by atoms with Crippen LogP contribution < -0.4 is 10.0 Å². The van der Waals surface area contributed by atoms with E-state index in [0.29, 0.717) is 5.69 Å². The summed E-state index contributed by atoms with van der Waals surface area (Å²) in [6.45, 7) is 0. The Balaban J connectivity index is 1.91. The molecule has 0 bridgehead atoms. The van der Waals surface area contributed by atoms with Crippen molar-refractivity contribution in [3.8, 4) is 5.69 Å². The lowest BCUT2D eigenvalue weighted by Crippen LogP contribution is -2.18. The van der Waals surface area contributed by atoms with Crippen LogP contribution in [0.25, 0.3) is 5.69 Å². The van der Waals surface area contributed by atoms with Gasteiger partial charge in [0.05, 0.1) is 28.9 Å². The molecule has 3 rings (SSSR count). The number of carbonyl (C=O) groups is 1. The lowest BCUT2D eigenvalue weighted by atomic mass is 10.1. The van der Waals surface area contributed by atoms with E-state index in [1.165, 1.54) is 35.3 Å². The Labute approximate surface area is 147 Å². The standard InChI is InChI=1S/C15H13FN6O3S/c1-26(24,25)19-13-5-3-2-4-11(13)15(23)18-14-8-10(6-7-12(14)16)22-9-17-20-21-22/h2-9,19H,1H3,(H,18,23). The number of aromatic nitrogens is 4. The van der Waals surface area contributed by atoms with Gasteiger partial charge in [-0.3, -0.25) is 9.52 Å². The highest BCUT2D eigenvalue weighted by Gasteiger charge is 2.16. The van der Waals surface area contributed by atoms with Gasteiger partial charge >= 0.3 is 0 Å². The Morgan fingerprint density at radius 1 is 1.15 bits per heavy atom. The molecule has 1 heterocycles. The number of benzene rings is 2. The summed E-state index contributed by atoms with van der Waals surface area (Å²) in [7, 11) is -3.58. The second kappa shape index (κ2) is 6.88. The molecule has 11 heteroatoms. The first-order valence-electron chi connectivity index (χ1n) is 7.24. The molecule has 0 atom stereocenters. The third-order valence-electron chi connectivity index (χ3n) is 3.28. The third kappa shape index (κ3) is 4.00. The summed E-state index contributed by atoms with van der Waals surface area (Å²) < 4.78 is 40.5. The highest BCUT2D eigenvalue weighted by Crippen LogP contribution is 2.22. The average molecular weight is 376 g/mol. The summed E-state index contributed by atoms with van der Waals surface area (Å²) >= 11 is 0. The Hall–Kier alpha value is -3.34. The fraction of sp³-hybridized carbons (Fsp3) is 0.0667. The molecule has 2 N–H and O–H groups in total. The van der Waals surface area contributed by atoms with Gasteiger partial charge in [0, 0.05) is 0 Å². The van der Waals surface area contributed by atoms with Crippen molar-refractivity contribution >= 4 is 27.3 Å². The minimum absolute atomic E-state index is 0.0464. The van der Waals surface area contributed by atoms with Gasteiger partial charge in [-0.25, -0.2) is 17.5 Å². The molecule has 0 saturated carbocycles. The number of rotatable bonds is 5.